The van der Waals surface area contributed by atoms with Crippen LogP contribution < -0.4 is 5.73 Å². The van der Waals surface area contributed by atoms with Crippen LogP contribution in [-0.2, 0) is 6.54 Å². The number of halogens is 1. The summed E-state index contributed by atoms with van der Waals surface area (Å²) in [7, 11) is 0. The fraction of sp³-hybridized carbons (Fsp3) is 0.538. The second-order valence-corrected chi connectivity index (χ2v) is 4.70. The minimum absolute atomic E-state index is 0.200. The standard InChI is InChI=1S/C13H20FN3O/c14-12-9-11(1-2-13(12)15)10-17-5-3-16(4-6-17)7-8-18/h1-2,9,18H,3-8,10,15H2. The van der Waals surface area contributed by atoms with Gasteiger partial charge < -0.3 is 10.8 Å². The lowest BCUT2D eigenvalue weighted by Crippen LogP contribution is -2.46. The molecule has 0 aromatic heterocycles. The van der Waals surface area contributed by atoms with Crippen molar-refractivity contribution in [1.29, 1.82) is 0 Å². The van der Waals surface area contributed by atoms with Crippen molar-refractivity contribution >= 4 is 5.69 Å². The van der Waals surface area contributed by atoms with Crippen LogP contribution in [0.1, 0.15) is 5.56 Å². The lowest BCUT2D eigenvalue weighted by Gasteiger charge is -2.34. The molecule has 1 aliphatic heterocycles. The van der Waals surface area contributed by atoms with Crippen LogP contribution in [-0.4, -0.2) is 54.2 Å². The third kappa shape index (κ3) is 3.41. The molecule has 18 heavy (non-hydrogen) atoms. The Hall–Kier alpha value is -1.17. The molecule has 0 unspecified atom stereocenters. The molecule has 1 fully saturated rings. The summed E-state index contributed by atoms with van der Waals surface area (Å²) >= 11 is 0. The smallest absolute Gasteiger partial charge is 0.146 e. The number of nitrogens with two attached hydrogens (primary N) is 1. The predicted molar refractivity (Wildman–Crippen MR) is 69.6 cm³/mol. The van der Waals surface area contributed by atoms with Crippen molar-refractivity contribution in [3.05, 3.63) is 29.6 Å². The maximum Gasteiger partial charge on any atom is 0.146 e. The average Bonchev–Trinajstić information content (AvgIpc) is 2.37. The number of hydrogen-bond acceptors (Lipinski definition) is 4. The van der Waals surface area contributed by atoms with Gasteiger partial charge in [-0.1, -0.05) is 6.07 Å². The average molecular weight is 253 g/mol. The first-order valence-electron chi connectivity index (χ1n) is 6.28. The Balaban J connectivity index is 1.85. The Labute approximate surface area is 107 Å². The van der Waals surface area contributed by atoms with Crippen molar-refractivity contribution in [2.45, 2.75) is 6.54 Å². The molecule has 0 radical (unpaired) electrons. The molecular formula is C13H20FN3O. The summed E-state index contributed by atoms with van der Waals surface area (Å²) in [5.41, 5.74) is 6.61. The Morgan fingerprint density at radius 2 is 1.83 bits per heavy atom. The maximum atomic E-state index is 13.3. The first-order chi connectivity index (χ1) is 8.69. The first kappa shape index (κ1) is 13.3. The highest BCUT2D eigenvalue weighted by Crippen LogP contribution is 2.14. The second kappa shape index (κ2) is 6.13. The van der Waals surface area contributed by atoms with Gasteiger partial charge in [0, 0.05) is 39.3 Å². The Morgan fingerprint density at radius 3 is 2.44 bits per heavy atom. The van der Waals surface area contributed by atoms with Crippen molar-refractivity contribution in [3.63, 3.8) is 0 Å². The van der Waals surface area contributed by atoms with Gasteiger partial charge in [0.05, 0.1) is 12.3 Å². The fourth-order valence-corrected chi connectivity index (χ4v) is 2.24. The van der Waals surface area contributed by atoms with Crippen molar-refractivity contribution in [1.82, 2.24) is 9.80 Å². The number of piperazine rings is 1. The van der Waals surface area contributed by atoms with E-state index in [1.165, 1.54) is 6.07 Å². The van der Waals surface area contributed by atoms with E-state index in [1.807, 2.05) is 6.07 Å². The van der Waals surface area contributed by atoms with Gasteiger partial charge in [-0.2, -0.15) is 0 Å². The molecule has 1 aromatic carbocycles. The molecule has 2 rings (SSSR count). The minimum atomic E-state index is -0.341. The van der Waals surface area contributed by atoms with E-state index in [-0.39, 0.29) is 18.1 Å². The van der Waals surface area contributed by atoms with Gasteiger partial charge in [-0.15, -0.1) is 0 Å². The minimum Gasteiger partial charge on any atom is -0.396 e. The molecule has 1 heterocycles. The van der Waals surface area contributed by atoms with Crippen LogP contribution in [0.5, 0.6) is 0 Å². The van der Waals surface area contributed by atoms with Crippen LogP contribution in [0.3, 0.4) is 0 Å². The van der Waals surface area contributed by atoms with Crippen LogP contribution >= 0.6 is 0 Å². The van der Waals surface area contributed by atoms with Crippen LogP contribution in [0.4, 0.5) is 10.1 Å². The highest BCUT2D eigenvalue weighted by molar-refractivity contribution is 5.41. The molecule has 5 heteroatoms. The Kier molecular flexibility index (Phi) is 4.52. The van der Waals surface area contributed by atoms with Crippen LogP contribution in [0.15, 0.2) is 18.2 Å². The summed E-state index contributed by atoms with van der Waals surface area (Å²) < 4.78 is 13.3. The monoisotopic (exact) mass is 253 g/mol. The number of nitrogens with zero attached hydrogens (tertiary/aromatic N) is 2. The largest absolute Gasteiger partial charge is 0.396 e. The van der Waals surface area contributed by atoms with Gasteiger partial charge in [0.15, 0.2) is 0 Å². The summed E-state index contributed by atoms with van der Waals surface area (Å²) in [5, 5.41) is 8.87. The Bertz CT molecular complexity index is 392. The topological polar surface area (TPSA) is 52.7 Å². The third-order valence-electron chi connectivity index (χ3n) is 3.35. The van der Waals surface area contributed by atoms with E-state index in [4.69, 9.17) is 10.8 Å². The number of aliphatic hydroxyl groups is 1. The summed E-state index contributed by atoms with van der Waals surface area (Å²) in [6, 6.07) is 5.00. The summed E-state index contributed by atoms with van der Waals surface area (Å²) in [6.07, 6.45) is 0. The number of anilines is 1. The lowest BCUT2D eigenvalue weighted by atomic mass is 10.1. The van der Waals surface area contributed by atoms with Crippen molar-refractivity contribution in [3.8, 4) is 0 Å². The summed E-state index contributed by atoms with van der Waals surface area (Å²) in [5.74, 6) is -0.341. The van der Waals surface area contributed by atoms with E-state index < -0.39 is 0 Å². The second-order valence-electron chi connectivity index (χ2n) is 4.70. The fourth-order valence-electron chi connectivity index (χ4n) is 2.24. The van der Waals surface area contributed by atoms with Gasteiger partial charge in [0.1, 0.15) is 5.82 Å². The van der Waals surface area contributed by atoms with Crippen molar-refractivity contribution in [2.24, 2.45) is 0 Å². The zero-order valence-corrected chi connectivity index (χ0v) is 10.5. The molecule has 1 saturated heterocycles. The molecule has 0 atom stereocenters. The summed E-state index contributed by atoms with van der Waals surface area (Å²) in [6.45, 7) is 5.52. The van der Waals surface area contributed by atoms with Gasteiger partial charge in [-0.05, 0) is 17.7 Å². The SMILES string of the molecule is Nc1ccc(CN2CCN(CCO)CC2)cc1F. The third-order valence-corrected chi connectivity index (χ3v) is 3.35. The van der Waals surface area contributed by atoms with Gasteiger partial charge in [-0.3, -0.25) is 9.80 Å². The van der Waals surface area contributed by atoms with Crippen LogP contribution in [0.25, 0.3) is 0 Å². The number of rotatable bonds is 4. The summed E-state index contributed by atoms with van der Waals surface area (Å²) in [4.78, 5) is 4.53. The van der Waals surface area contributed by atoms with E-state index in [9.17, 15) is 4.39 Å². The van der Waals surface area contributed by atoms with Gasteiger partial charge >= 0.3 is 0 Å². The molecule has 0 saturated carbocycles. The molecule has 0 amide bonds. The molecule has 0 aliphatic carbocycles. The van der Waals surface area contributed by atoms with Gasteiger partial charge in [0.2, 0.25) is 0 Å². The van der Waals surface area contributed by atoms with E-state index in [0.29, 0.717) is 0 Å². The Morgan fingerprint density at radius 1 is 1.17 bits per heavy atom. The highest BCUT2D eigenvalue weighted by Gasteiger charge is 2.16. The van der Waals surface area contributed by atoms with E-state index >= 15 is 0 Å². The van der Waals surface area contributed by atoms with Gasteiger partial charge in [0.25, 0.3) is 0 Å². The molecule has 4 nitrogen and oxygen atoms in total. The number of hydrogen-bond donors (Lipinski definition) is 2. The van der Waals surface area contributed by atoms with Crippen molar-refractivity contribution < 1.29 is 9.50 Å². The van der Waals surface area contributed by atoms with Crippen LogP contribution in [0, 0.1) is 5.82 Å². The molecule has 1 aromatic rings. The van der Waals surface area contributed by atoms with Gasteiger partial charge in [-0.25, -0.2) is 4.39 Å². The maximum absolute atomic E-state index is 13.3. The first-order valence-corrected chi connectivity index (χ1v) is 6.28. The zero-order valence-electron chi connectivity index (χ0n) is 10.5. The van der Waals surface area contributed by atoms with E-state index in [1.54, 1.807) is 6.07 Å². The van der Waals surface area contributed by atoms with Crippen LogP contribution in [0.2, 0.25) is 0 Å². The lowest BCUT2D eigenvalue weighted by molar-refractivity contribution is 0.108. The molecule has 3 N–H and O–H groups in total. The number of β-amino-alcohol motifs (C(OH)–C–C–N with tert-alkyl or cyclic N) is 1. The van der Waals surface area contributed by atoms with E-state index in [2.05, 4.69) is 9.80 Å². The molecule has 1 aliphatic rings. The molecule has 0 spiro atoms. The number of aliphatic hydroxyl groups excluding tert-OH is 1. The zero-order chi connectivity index (χ0) is 13.0. The molecular weight excluding hydrogens is 233 g/mol. The number of nitrogen functional groups attached to an aromatic ring is 1. The highest BCUT2D eigenvalue weighted by atomic mass is 19.1. The number of benzene rings is 1. The predicted octanol–water partition coefficient (Wildman–Crippen LogP) is 0.518. The van der Waals surface area contributed by atoms with Crippen molar-refractivity contribution in [2.75, 3.05) is 45.1 Å². The normalized spacial score (nSPS) is 18.1. The van der Waals surface area contributed by atoms with E-state index in [0.717, 1.165) is 44.8 Å². The molecule has 100 valence electrons. The molecule has 0 bridgehead atoms. The quantitative estimate of drug-likeness (QED) is 0.768.